The van der Waals surface area contributed by atoms with E-state index in [4.69, 9.17) is 0 Å². The summed E-state index contributed by atoms with van der Waals surface area (Å²) in [6, 6.07) is 3.66. The van der Waals surface area contributed by atoms with Gasteiger partial charge in [0.2, 0.25) is 10.0 Å². The van der Waals surface area contributed by atoms with Gasteiger partial charge >= 0.3 is 0 Å². The minimum Gasteiger partial charge on any atom is -0.389 e. The van der Waals surface area contributed by atoms with E-state index in [2.05, 4.69) is 4.72 Å². The molecule has 6 heteroatoms. The second-order valence-electron chi connectivity index (χ2n) is 5.52. The molecule has 0 bridgehead atoms. The van der Waals surface area contributed by atoms with Crippen molar-refractivity contribution in [2.24, 2.45) is 0 Å². The van der Waals surface area contributed by atoms with Gasteiger partial charge in [-0.25, -0.2) is 17.5 Å². The molecule has 1 aliphatic carbocycles. The zero-order chi connectivity index (χ0) is 14.8. The Kier molecular flexibility index (Phi) is 4.46. The molecule has 1 aromatic carbocycles. The first-order valence-corrected chi connectivity index (χ1v) is 8.29. The Balaban J connectivity index is 2.09. The lowest BCUT2D eigenvalue weighted by molar-refractivity contribution is 0.00945. The fourth-order valence-electron chi connectivity index (χ4n) is 2.48. The van der Waals surface area contributed by atoms with E-state index in [1.165, 1.54) is 19.1 Å². The topological polar surface area (TPSA) is 66.4 Å². The summed E-state index contributed by atoms with van der Waals surface area (Å²) in [5, 5.41) is 10.3. The lowest BCUT2D eigenvalue weighted by Gasteiger charge is -2.32. The van der Waals surface area contributed by atoms with Crippen LogP contribution in [0.1, 0.15) is 37.7 Å². The quantitative estimate of drug-likeness (QED) is 0.895. The molecule has 4 nitrogen and oxygen atoms in total. The number of nitrogens with one attached hydrogen (secondary N) is 1. The van der Waals surface area contributed by atoms with Crippen molar-refractivity contribution in [1.29, 1.82) is 0 Å². The van der Waals surface area contributed by atoms with E-state index in [1.54, 1.807) is 0 Å². The molecule has 0 amide bonds. The summed E-state index contributed by atoms with van der Waals surface area (Å²) in [6.07, 6.45) is 4.11. The first-order valence-electron chi connectivity index (χ1n) is 6.81. The largest absolute Gasteiger partial charge is 0.389 e. The summed E-state index contributed by atoms with van der Waals surface area (Å²) in [5.74, 6) is -0.435. The van der Waals surface area contributed by atoms with Gasteiger partial charge in [-0.05, 0) is 43.5 Å². The number of aryl methyl sites for hydroxylation is 1. The Hall–Kier alpha value is -0.980. The minimum absolute atomic E-state index is 0.00571. The number of hydrogen-bond donors (Lipinski definition) is 2. The van der Waals surface area contributed by atoms with Gasteiger partial charge in [0.25, 0.3) is 0 Å². The molecule has 0 unspecified atom stereocenters. The molecule has 1 aromatic rings. The fourth-order valence-corrected chi connectivity index (χ4v) is 3.69. The summed E-state index contributed by atoms with van der Waals surface area (Å²) in [5.41, 5.74) is -0.676. The van der Waals surface area contributed by atoms with Crippen LogP contribution in [0.25, 0.3) is 0 Å². The molecule has 112 valence electrons. The number of benzene rings is 1. The van der Waals surface area contributed by atoms with Crippen LogP contribution < -0.4 is 4.72 Å². The van der Waals surface area contributed by atoms with Crippen molar-refractivity contribution in [1.82, 2.24) is 4.72 Å². The third kappa shape index (κ3) is 3.56. The van der Waals surface area contributed by atoms with Gasteiger partial charge in [0.05, 0.1) is 10.5 Å². The van der Waals surface area contributed by atoms with Crippen LogP contribution in [0.15, 0.2) is 23.1 Å². The Morgan fingerprint density at radius 3 is 2.55 bits per heavy atom. The van der Waals surface area contributed by atoms with Gasteiger partial charge in [0.1, 0.15) is 5.82 Å². The smallest absolute Gasteiger partial charge is 0.240 e. The number of sulfonamides is 1. The molecule has 1 aliphatic rings. The van der Waals surface area contributed by atoms with Crippen LogP contribution in [0.5, 0.6) is 0 Å². The van der Waals surface area contributed by atoms with Gasteiger partial charge in [-0.15, -0.1) is 0 Å². The molecule has 0 spiro atoms. The van der Waals surface area contributed by atoms with Crippen LogP contribution >= 0.6 is 0 Å². The Labute approximate surface area is 119 Å². The molecule has 2 N–H and O–H groups in total. The number of hydrogen-bond acceptors (Lipinski definition) is 3. The van der Waals surface area contributed by atoms with Crippen molar-refractivity contribution >= 4 is 10.0 Å². The van der Waals surface area contributed by atoms with Crippen LogP contribution in [0.3, 0.4) is 0 Å². The monoisotopic (exact) mass is 301 g/mol. The average molecular weight is 301 g/mol. The molecule has 0 aromatic heterocycles. The first-order chi connectivity index (χ1) is 9.32. The minimum atomic E-state index is -3.71. The molecular weight excluding hydrogens is 281 g/mol. The van der Waals surface area contributed by atoms with Crippen molar-refractivity contribution in [3.8, 4) is 0 Å². The maximum Gasteiger partial charge on any atom is 0.240 e. The highest BCUT2D eigenvalue weighted by molar-refractivity contribution is 7.89. The predicted octanol–water partition coefficient (Wildman–Crippen LogP) is 2.11. The number of aliphatic hydroxyl groups is 1. The number of halogens is 1. The molecule has 0 heterocycles. The first kappa shape index (κ1) is 15.4. The normalized spacial score (nSPS) is 18.9. The van der Waals surface area contributed by atoms with E-state index in [1.807, 2.05) is 0 Å². The van der Waals surface area contributed by atoms with Crippen LogP contribution in [0.4, 0.5) is 4.39 Å². The molecular formula is C14H20FNO3S. The molecule has 2 rings (SSSR count). The average Bonchev–Trinajstić information content (AvgIpc) is 2.41. The van der Waals surface area contributed by atoms with E-state index >= 15 is 0 Å². The fraction of sp³-hybridized carbons (Fsp3) is 0.571. The van der Waals surface area contributed by atoms with Gasteiger partial charge in [-0.2, -0.15) is 0 Å². The summed E-state index contributed by atoms with van der Waals surface area (Å²) in [7, 11) is -3.71. The number of rotatable bonds is 4. The maximum atomic E-state index is 13.2. The molecule has 20 heavy (non-hydrogen) atoms. The lowest BCUT2D eigenvalue weighted by Crippen LogP contribution is -2.44. The highest BCUT2D eigenvalue weighted by Gasteiger charge is 2.30. The third-order valence-electron chi connectivity index (χ3n) is 3.82. The Bertz CT molecular complexity index is 580. The van der Waals surface area contributed by atoms with Crippen molar-refractivity contribution in [3.05, 3.63) is 29.6 Å². The van der Waals surface area contributed by atoms with E-state index < -0.39 is 21.4 Å². The van der Waals surface area contributed by atoms with E-state index in [0.717, 1.165) is 25.3 Å². The molecule has 0 atom stereocenters. The van der Waals surface area contributed by atoms with Gasteiger partial charge in [-0.1, -0.05) is 19.3 Å². The maximum absolute atomic E-state index is 13.2. The molecule has 1 fully saturated rings. The van der Waals surface area contributed by atoms with Crippen molar-refractivity contribution < 1.29 is 17.9 Å². The van der Waals surface area contributed by atoms with Crippen LogP contribution in [-0.4, -0.2) is 25.7 Å². The van der Waals surface area contributed by atoms with Gasteiger partial charge in [0.15, 0.2) is 0 Å². The zero-order valence-corrected chi connectivity index (χ0v) is 12.3. The molecule has 0 radical (unpaired) electrons. The van der Waals surface area contributed by atoms with Gasteiger partial charge in [0, 0.05) is 6.54 Å². The third-order valence-corrected chi connectivity index (χ3v) is 5.21. The standard InChI is InChI=1S/C14H20FNO3S/c1-11-9-12(5-6-13(11)15)20(18,19)16-10-14(17)7-3-2-4-8-14/h5-6,9,16-17H,2-4,7-8,10H2,1H3. The zero-order valence-electron chi connectivity index (χ0n) is 11.5. The SMILES string of the molecule is Cc1cc(S(=O)(=O)NCC2(O)CCCCC2)ccc1F. The second kappa shape index (κ2) is 5.79. The predicted molar refractivity (Wildman–Crippen MR) is 74.4 cm³/mol. The molecule has 1 saturated carbocycles. The van der Waals surface area contributed by atoms with Crippen LogP contribution in [0.2, 0.25) is 0 Å². The van der Waals surface area contributed by atoms with Crippen LogP contribution in [-0.2, 0) is 10.0 Å². The Morgan fingerprint density at radius 2 is 1.95 bits per heavy atom. The van der Waals surface area contributed by atoms with E-state index in [0.29, 0.717) is 12.8 Å². The summed E-state index contributed by atoms with van der Waals surface area (Å²) in [4.78, 5) is 0.0239. The molecule has 0 saturated heterocycles. The van der Waals surface area contributed by atoms with Crippen molar-refractivity contribution in [2.75, 3.05) is 6.54 Å². The van der Waals surface area contributed by atoms with E-state index in [9.17, 15) is 17.9 Å². The molecule has 0 aliphatic heterocycles. The van der Waals surface area contributed by atoms with Gasteiger partial charge < -0.3 is 5.11 Å². The Morgan fingerprint density at radius 1 is 1.30 bits per heavy atom. The summed E-state index contributed by atoms with van der Waals surface area (Å²) in [6.45, 7) is 1.52. The van der Waals surface area contributed by atoms with Crippen molar-refractivity contribution in [2.45, 2.75) is 49.5 Å². The summed E-state index contributed by atoms with van der Waals surface area (Å²) < 4.78 is 39.9. The van der Waals surface area contributed by atoms with Gasteiger partial charge in [-0.3, -0.25) is 0 Å². The second-order valence-corrected chi connectivity index (χ2v) is 7.29. The van der Waals surface area contributed by atoms with E-state index in [-0.39, 0.29) is 17.0 Å². The van der Waals surface area contributed by atoms with Crippen LogP contribution in [0, 0.1) is 12.7 Å². The highest BCUT2D eigenvalue weighted by atomic mass is 32.2. The van der Waals surface area contributed by atoms with Crippen molar-refractivity contribution in [3.63, 3.8) is 0 Å². The highest BCUT2D eigenvalue weighted by Crippen LogP contribution is 2.27. The summed E-state index contributed by atoms with van der Waals surface area (Å²) >= 11 is 0. The lowest BCUT2D eigenvalue weighted by atomic mass is 9.85.